The summed E-state index contributed by atoms with van der Waals surface area (Å²) in [6.45, 7) is 2.69. The zero-order valence-electron chi connectivity index (χ0n) is 17.3. The normalized spacial score (nSPS) is 18.2. The minimum atomic E-state index is -3.78. The summed E-state index contributed by atoms with van der Waals surface area (Å²) in [5.41, 5.74) is 0.476. The van der Waals surface area contributed by atoms with Crippen molar-refractivity contribution in [3.8, 4) is 5.75 Å². The maximum absolute atomic E-state index is 13.0. The summed E-state index contributed by atoms with van der Waals surface area (Å²) in [4.78, 5) is 25.6. The second-order valence-electron chi connectivity index (χ2n) is 6.86. The number of sulfonamides is 1. The number of morpholine rings is 2. The van der Waals surface area contributed by atoms with Crippen LogP contribution in [0, 0.1) is 0 Å². The molecule has 2 aliphatic heterocycles. The van der Waals surface area contributed by atoms with Gasteiger partial charge in [0.1, 0.15) is 10.6 Å². The average molecular weight is 455 g/mol. The van der Waals surface area contributed by atoms with Gasteiger partial charge in [0.15, 0.2) is 6.61 Å². The van der Waals surface area contributed by atoms with Gasteiger partial charge in [-0.1, -0.05) is 6.07 Å². The summed E-state index contributed by atoms with van der Waals surface area (Å²) in [6, 6.07) is 4.59. The molecule has 10 nitrogen and oxygen atoms in total. The lowest BCUT2D eigenvalue weighted by Gasteiger charge is -2.26. The van der Waals surface area contributed by atoms with Crippen LogP contribution in [0.5, 0.6) is 5.75 Å². The van der Waals surface area contributed by atoms with Crippen LogP contribution in [0.1, 0.15) is 5.56 Å². The Bertz CT molecular complexity index is 919. The van der Waals surface area contributed by atoms with Crippen molar-refractivity contribution in [2.24, 2.45) is 0 Å². The molecule has 31 heavy (non-hydrogen) atoms. The Balaban J connectivity index is 1.65. The minimum Gasteiger partial charge on any atom is -0.495 e. The van der Waals surface area contributed by atoms with Crippen molar-refractivity contribution in [1.29, 1.82) is 0 Å². The fraction of sp³-hybridized carbons (Fsp3) is 0.500. The lowest BCUT2D eigenvalue weighted by atomic mass is 10.2. The van der Waals surface area contributed by atoms with E-state index in [0.717, 1.165) is 6.08 Å². The van der Waals surface area contributed by atoms with Crippen molar-refractivity contribution in [3.05, 3.63) is 29.8 Å². The number of hydrogen-bond donors (Lipinski definition) is 0. The van der Waals surface area contributed by atoms with Gasteiger partial charge in [-0.25, -0.2) is 13.2 Å². The van der Waals surface area contributed by atoms with E-state index in [-0.39, 0.29) is 36.2 Å². The first-order valence-electron chi connectivity index (χ1n) is 9.88. The standard InChI is InChI=1S/C20H26N2O8S/c1-27-17-4-2-16(14-18(17)31(25,26)22-8-12-29-13-9-22)3-5-20(24)30-15-19(23)21-6-10-28-11-7-21/h2-5,14H,6-13,15H2,1H3/b5-3+. The Labute approximate surface area is 181 Å². The Morgan fingerprint density at radius 3 is 2.35 bits per heavy atom. The van der Waals surface area contributed by atoms with E-state index in [1.165, 1.54) is 29.6 Å². The lowest BCUT2D eigenvalue weighted by molar-refractivity contribution is -0.150. The summed E-state index contributed by atoms with van der Waals surface area (Å²) >= 11 is 0. The smallest absolute Gasteiger partial charge is 0.331 e. The first-order chi connectivity index (χ1) is 14.9. The number of nitrogens with zero attached hydrogens (tertiary/aromatic N) is 2. The van der Waals surface area contributed by atoms with Crippen molar-refractivity contribution in [3.63, 3.8) is 0 Å². The fourth-order valence-electron chi connectivity index (χ4n) is 3.17. The molecular weight excluding hydrogens is 428 g/mol. The second-order valence-corrected chi connectivity index (χ2v) is 8.77. The molecule has 1 aromatic rings. The Hall–Kier alpha value is -2.47. The first-order valence-corrected chi connectivity index (χ1v) is 11.3. The number of ether oxygens (including phenoxy) is 4. The molecule has 2 aliphatic rings. The molecule has 2 heterocycles. The average Bonchev–Trinajstić information content (AvgIpc) is 2.82. The first kappa shape index (κ1) is 23.2. The molecule has 0 saturated carbocycles. The lowest BCUT2D eigenvalue weighted by Crippen LogP contribution is -2.42. The number of hydrogen-bond acceptors (Lipinski definition) is 8. The van der Waals surface area contributed by atoms with Gasteiger partial charge in [-0.15, -0.1) is 0 Å². The topological polar surface area (TPSA) is 112 Å². The summed E-state index contributed by atoms with van der Waals surface area (Å²) in [6.07, 6.45) is 2.58. The van der Waals surface area contributed by atoms with E-state index in [0.29, 0.717) is 45.1 Å². The third-order valence-electron chi connectivity index (χ3n) is 4.89. The molecule has 0 radical (unpaired) electrons. The van der Waals surface area contributed by atoms with Gasteiger partial charge in [-0.3, -0.25) is 4.79 Å². The number of rotatable bonds is 7. The van der Waals surface area contributed by atoms with E-state index in [1.807, 2.05) is 0 Å². The van der Waals surface area contributed by atoms with Crippen LogP contribution in [-0.2, 0) is 33.8 Å². The predicted molar refractivity (Wildman–Crippen MR) is 110 cm³/mol. The molecule has 0 aromatic heterocycles. The van der Waals surface area contributed by atoms with Gasteiger partial charge in [-0.05, 0) is 23.8 Å². The van der Waals surface area contributed by atoms with E-state index in [2.05, 4.69) is 0 Å². The van der Waals surface area contributed by atoms with Crippen molar-refractivity contribution >= 4 is 28.0 Å². The highest BCUT2D eigenvalue weighted by atomic mass is 32.2. The van der Waals surface area contributed by atoms with Gasteiger partial charge in [0.2, 0.25) is 10.0 Å². The summed E-state index contributed by atoms with van der Waals surface area (Å²) in [5, 5.41) is 0. The molecule has 0 N–H and O–H groups in total. The maximum Gasteiger partial charge on any atom is 0.331 e. The Morgan fingerprint density at radius 2 is 1.71 bits per heavy atom. The van der Waals surface area contributed by atoms with Gasteiger partial charge in [0, 0.05) is 32.3 Å². The number of esters is 1. The van der Waals surface area contributed by atoms with Crippen LogP contribution in [0.4, 0.5) is 0 Å². The van der Waals surface area contributed by atoms with Gasteiger partial charge in [0.25, 0.3) is 5.91 Å². The number of amides is 1. The molecule has 0 aliphatic carbocycles. The van der Waals surface area contributed by atoms with E-state index in [1.54, 1.807) is 11.0 Å². The molecule has 0 atom stereocenters. The van der Waals surface area contributed by atoms with E-state index in [9.17, 15) is 18.0 Å². The number of benzene rings is 1. The molecule has 0 spiro atoms. The van der Waals surface area contributed by atoms with Crippen LogP contribution in [0.2, 0.25) is 0 Å². The number of methoxy groups -OCH3 is 1. The summed E-state index contributed by atoms with van der Waals surface area (Å²) in [5.74, 6) is -0.772. The molecule has 170 valence electrons. The third kappa shape index (κ3) is 6.03. The predicted octanol–water partition coefficient (Wildman–Crippen LogP) is 0.131. The van der Waals surface area contributed by atoms with Crippen molar-refractivity contribution in [1.82, 2.24) is 9.21 Å². The zero-order valence-corrected chi connectivity index (χ0v) is 18.1. The van der Waals surface area contributed by atoms with Gasteiger partial charge in [0.05, 0.1) is 33.5 Å². The van der Waals surface area contributed by atoms with Crippen LogP contribution in [0.3, 0.4) is 0 Å². The van der Waals surface area contributed by atoms with E-state index < -0.39 is 16.0 Å². The fourth-order valence-corrected chi connectivity index (χ4v) is 4.77. The van der Waals surface area contributed by atoms with Crippen molar-refractivity contribution in [2.75, 3.05) is 66.3 Å². The van der Waals surface area contributed by atoms with Gasteiger partial charge >= 0.3 is 5.97 Å². The highest BCUT2D eigenvalue weighted by Gasteiger charge is 2.29. The molecule has 0 unspecified atom stereocenters. The molecule has 1 aromatic carbocycles. The number of carbonyl (C=O) groups is 2. The van der Waals surface area contributed by atoms with Crippen LogP contribution in [0.25, 0.3) is 6.08 Å². The Kier molecular flexibility index (Phi) is 8.02. The third-order valence-corrected chi connectivity index (χ3v) is 6.81. The highest BCUT2D eigenvalue weighted by molar-refractivity contribution is 7.89. The molecule has 2 saturated heterocycles. The van der Waals surface area contributed by atoms with Crippen LogP contribution < -0.4 is 4.74 Å². The van der Waals surface area contributed by atoms with Gasteiger partial charge < -0.3 is 23.8 Å². The van der Waals surface area contributed by atoms with Crippen LogP contribution in [-0.4, -0.2) is 95.8 Å². The second kappa shape index (κ2) is 10.7. The van der Waals surface area contributed by atoms with E-state index >= 15 is 0 Å². The van der Waals surface area contributed by atoms with E-state index in [4.69, 9.17) is 18.9 Å². The van der Waals surface area contributed by atoms with Crippen molar-refractivity contribution < 1.29 is 37.0 Å². The Morgan fingerprint density at radius 1 is 1.06 bits per heavy atom. The summed E-state index contributed by atoms with van der Waals surface area (Å²) in [7, 11) is -2.39. The maximum atomic E-state index is 13.0. The number of carbonyl (C=O) groups excluding carboxylic acids is 2. The zero-order chi connectivity index (χ0) is 22.3. The molecule has 3 rings (SSSR count). The highest BCUT2D eigenvalue weighted by Crippen LogP contribution is 2.28. The molecule has 1 amide bonds. The van der Waals surface area contributed by atoms with Crippen molar-refractivity contribution in [2.45, 2.75) is 4.90 Å². The molecular formula is C20H26N2O8S. The molecule has 0 bridgehead atoms. The minimum absolute atomic E-state index is 0.00918. The van der Waals surface area contributed by atoms with Gasteiger partial charge in [-0.2, -0.15) is 4.31 Å². The SMILES string of the molecule is COc1ccc(/C=C/C(=O)OCC(=O)N2CCOCC2)cc1S(=O)(=O)N1CCOCC1. The largest absolute Gasteiger partial charge is 0.495 e. The molecule has 11 heteroatoms. The van der Waals surface area contributed by atoms with Crippen LogP contribution in [0.15, 0.2) is 29.2 Å². The monoisotopic (exact) mass is 454 g/mol. The van der Waals surface area contributed by atoms with Crippen LogP contribution >= 0.6 is 0 Å². The summed E-state index contributed by atoms with van der Waals surface area (Å²) < 4.78 is 48.0. The molecule has 2 fully saturated rings. The quantitative estimate of drug-likeness (QED) is 0.422.